The minimum absolute atomic E-state index is 0.0915. The summed E-state index contributed by atoms with van der Waals surface area (Å²) in [5.41, 5.74) is 0.548. The largest absolute Gasteiger partial charge is 0.493 e. The van der Waals surface area contributed by atoms with Crippen molar-refractivity contribution in [1.82, 2.24) is 5.32 Å². The molecule has 0 aliphatic heterocycles. The molecule has 5 heteroatoms. The Kier molecular flexibility index (Phi) is 4.06. The summed E-state index contributed by atoms with van der Waals surface area (Å²) < 4.78 is 10.7. The lowest BCUT2D eigenvalue weighted by Gasteiger charge is -2.12. The number of hydrogen-bond acceptors (Lipinski definition) is 4. The third kappa shape index (κ3) is 2.71. The molecule has 0 aliphatic rings. The van der Waals surface area contributed by atoms with Crippen molar-refractivity contribution >= 4 is 16.9 Å². The summed E-state index contributed by atoms with van der Waals surface area (Å²) in [4.78, 5) is 12.0. The Morgan fingerprint density at radius 3 is 2.95 bits per heavy atom. The third-order valence-corrected chi connectivity index (χ3v) is 3.00. The molecule has 102 valence electrons. The van der Waals surface area contributed by atoms with E-state index < -0.39 is 0 Å². The first-order valence-corrected chi connectivity index (χ1v) is 6.17. The Balaban J connectivity index is 2.28. The average Bonchev–Trinajstić information content (AvgIpc) is 2.88. The minimum Gasteiger partial charge on any atom is -0.493 e. The van der Waals surface area contributed by atoms with Gasteiger partial charge in [0.05, 0.1) is 19.8 Å². The number of para-hydroxylation sites is 1. The molecule has 1 amide bonds. The highest BCUT2D eigenvalue weighted by atomic mass is 16.5. The maximum atomic E-state index is 12.0. The second-order valence-electron chi connectivity index (χ2n) is 4.25. The van der Waals surface area contributed by atoms with Crippen molar-refractivity contribution < 1.29 is 19.1 Å². The molecule has 19 heavy (non-hydrogen) atoms. The second kappa shape index (κ2) is 5.75. The SMILES string of the molecule is CCC(CO)NC(=O)c1cc2cccc(OC)c2o1. The minimum atomic E-state index is -0.334. The van der Waals surface area contributed by atoms with Crippen molar-refractivity contribution in [2.75, 3.05) is 13.7 Å². The number of methoxy groups -OCH3 is 1. The highest BCUT2D eigenvalue weighted by Gasteiger charge is 2.17. The van der Waals surface area contributed by atoms with Gasteiger partial charge in [0.15, 0.2) is 17.1 Å². The Morgan fingerprint density at radius 2 is 2.32 bits per heavy atom. The van der Waals surface area contributed by atoms with E-state index in [1.165, 1.54) is 0 Å². The van der Waals surface area contributed by atoms with Crippen LogP contribution in [0.2, 0.25) is 0 Å². The molecule has 0 bridgehead atoms. The molecule has 1 atom stereocenters. The Labute approximate surface area is 111 Å². The van der Waals surface area contributed by atoms with Gasteiger partial charge in [0.1, 0.15) is 0 Å². The lowest BCUT2D eigenvalue weighted by Crippen LogP contribution is -2.36. The summed E-state index contributed by atoms with van der Waals surface area (Å²) in [6, 6.07) is 6.86. The molecular formula is C14H17NO4. The van der Waals surface area contributed by atoms with Crippen molar-refractivity contribution in [3.8, 4) is 5.75 Å². The monoisotopic (exact) mass is 263 g/mol. The second-order valence-corrected chi connectivity index (χ2v) is 4.25. The summed E-state index contributed by atoms with van der Waals surface area (Å²) in [7, 11) is 1.55. The standard InChI is InChI=1S/C14H17NO4/c1-3-10(8-16)15-14(17)12-7-9-5-4-6-11(18-2)13(9)19-12/h4-7,10,16H,3,8H2,1-2H3,(H,15,17). The van der Waals surface area contributed by atoms with Crippen molar-refractivity contribution in [3.63, 3.8) is 0 Å². The van der Waals surface area contributed by atoms with Gasteiger partial charge < -0.3 is 19.6 Å². The van der Waals surface area contributed by atoms with Crippen LogP contribution in [0.4, 0.5) is 0 Å². The van der Waals surface area contributed by atoms with Crippen LogP contribution in [0, 0.1) is 0 Å². The zero-order chi connectivity index (χ0) is 13.8. The van der Waals surface area contributed by atoms with Crippen LogP contribution in [0.25, 0.3) is 11.0 Å². The first-order valence-electron chi connectivity index (χ1n) is 6.17. The van der Waals surface area contributed by atoms with Gasteiger partial charge >= 0.3 is 0 Å². The summed E-state index contributed by atoms with van der Waals surface area (Å²) in [6.07, 6.45) is 0.659. The number of ether oxygens (including phenoxy) is 1. The average molecular weight is 263 g/mol. The first kappa shape index (κ1) is 13.4. The summed E-state index contributed by atoms with van der Waals surface area (Å²) >= 11 is 0. The molecule has 1 unspecified atom stereocenters. The van der Waals surface area contributed by atoms with Crippen LogP contribution in [-0.2, 0) is 0 Å². The highest BCUT2D eigenvalue weighted by Crippen LogP contribution is 2.28. The van der Waals surface area contributed by atoms with E-state index in [1.54, 1.807) is 19.2 Å². The lowest BCUT2D eigenvalue weighted by atomic mass is 10.2. The molecule has 0 spiro atoms. The smallest absolute Gasteiger partial charge is 0.287 e. The summed E-state index contributed by atoms with van der Waals surface area (Å²) in [6.45, 7) is 1.80. The predicted molar refractivity (Wildman–Crippen MR) is 71.4 cm³/mol. The maximum Gasteiger partial charge on any atom is 0.287 e. The van der Waals surface area contributed by atoms with Gasteiger partial charge in [-0.05, 0) is 18.6 Å². The number of nitrogens with one attached hydrogen (secondary N) is 1. The molecule has 0 saturated carbocycles. The molecule has 5 nitrogen and oxygen atoms in total. The summed E-state index contributed by atoms with van der Waals surface area (Å²) in [5, 5.41) is 12.6. The number of aliphatic hydroxyl groups excluding tert-OH is 1. The third-order valence-electron chi connectivity index (χ3n) is 3.00. The van der Waals surface area contributed by atoms with Crippen molar-refractivity contribution in [2.45, 2.75) is 19.4 Å². The lowest BCUT2D eigenvalue weighted by molar-refractivity contribution is 0.0889. The highest BCUT2D eigenvalue weighted by molar-refractivity contribution is 5.97. The predicted octanol–water partition coefficient (Wildman–Crippen LogP) is 1.94. The number of fused-ring (bicyclic) bond motifs is 1. The van der Waals surface area contributed by atoms with E-state index in [4.69, 9.17) is 14.3 Å². The van der Waals surface area contributed by atoms with E-state index >= 15 is 0 Å². The number of amides is 1. The van der Waals surface area contributed by atoms with Gasteiger partial charge in [-0.1, -0.05) is 19.1 Å². The van der Waals surface area contributed by atoms with E-state index in [1.807, 2.05) is 19.1 Å². The van der Waals surface area contributed by atoms with E-state index in [-0.39, 0.29) is 24.3 Å². The molecule has 0 aliphatic carbocycles. The zero-order valence-corrected chi connectivity index (χ0v) is 11.0. The van der Waals surface area contributed by atoms with E-state index in [0.717, 1.165) is 5.39 Å². The molecule has 0 radical (unpaired) electrons. The van der Waals surface area contributed by atoms with Crippen molar-refractivity contribution in [3.05, 3.63) is 30.0 Å². The number of carbonyl (C=O) groups excluding carboxylic acids is 1. The molecular weight excluding hydrogens is 246 g/mol. The van der Waals surface area contributed by atoms with Crippen LogP contribution in [0.15, 0.2) is 28.7 Å². The van der Waals surface area contributed by atoms with Gasteiger partial charge in [-0.2, -0.15) is 0 Å². The van der Waals surface area contributed by atoms with Crippen LogP contribution < -0.4 is 10.1 Å². The topological polar surface area (TPSA) is 71.7 Å². The Morgan fingerprint density at radius 1 is 1.53 bits per heavy atom. The maximum absolute atomic E-state index is 12.0. The van der Waals surface area contributed by atoms with Gasteiger partial charge in [0, 0.05) is 5.39 Å². The zero-order valence-electron chi connectivity index (χ0n) is 11.0. The van der Waals surface area contributed by atoms with Crippen LogP contribution in [-0.4, -0.2) is 30.8 Å². The van der Waals surface area contributed by atoms with Gasteiger partial charge in [0.25, 0.3) is 5.91 Å². The molecule has 1 aromatic carbocycles. The van der Waals surface area contributed by atoms with Crippen LogP contribution in [0.5, 0.6) is 5.75 Å². The first-order chi connectivity index (χ1) is 9.19. The number of furan rings is 1. The molecule has 1 aromatic heterocycles. The van der Waals surface area contributed by atoms with Crippen molar-refractivity contribution in [2.24, 2.45) is 0 Å². The Hall–Kier alpha value is -2.01. The molecule has 2 rings (SSSR count). The fraction of sp³-hybridized carbons (Fsp3) is 0.357. The molecule has 1 heterocycles. The van der Waals surface area contributed by atoms with E-state index in [9.17, 15) is 4.79 Å². The molecule has 0 fully saturated rings. The van der Waals surface area contributed by atoms with Crippen LogP contribution in [0.1, 0.15) is 23.9 Å². The van der Waals surface area contributed by atoms with Gasteiger partial charge in [-0.15, -0.1) is 0 Å². The fourth-order valence-electron chi connectivity index (χ4n) is 1.84. The van der Waals surface area contributed by atoms with Gasteiger partial charge in [0.2, 0.25) is 0 Å². The van der Waals surface area contributed by atoms with E-state index in [2.05, 4.69) is 5.32 Å². The Bertz CT molecular complexity index is 572. The fourth-order valence-corrected chi connectivity index (χ4v) is 1.84. The normalized spacial score (nSPS) is 12.4. The molecule has 2 aromatic rings. The summed E-state index contributed by atoms with van der Waals surface area (Å²) in [5.74, 6) is 0.469. The quantitative estimate of drug-likeness (QED) is 0.864. The number of benzene rings is 1. The van der Waals surface area contributed by atoms with Crippen LogP contribution in [0.3, 0.4) is 0 Å². The number of hydrogen-bond donors (Lipinski definition) is 2. The number of rotatable bonds is 5. The molecule has 0 saturated heterocycles. The van der Waals surface area contributed by atoms with Crippen molar-refractivity contribution in [1.29, 1.82) is 0 Å². The van der Waals surface area contributed by atoms with Gasteiger partial charge in [-0.25, -0.2) is 0 Å². The van der Waals surface area contributed by atoms with Crippen LogP contribution >= 0.6 is 0 Å². The molecule has 2 N–H and O–H groups in total. The van der Waals surface area contributed by atoms with E-state index in [0.29, 0.717) is 17.8 Å². The number of carbonyl (C=O) groups is 1. The van der Waals surface area contributed by atoms with Gasteiger partial charge in [-0.3, -0.25) is 4.79 Å². The number of aliphatic hydroxyl groups is 1.